The fraction of sp³-hybridized carbons (Fsp3) is 0.769. The summed E-state index contributed by atoms with van der Waals surface area (Å²) < 4.78 is 0.894. The zero-order valence-corrected chi connectivity index (χ0v) is 18.9. The fourth-order valence-corrected chi connectivity index (χ4v) is 9.65. The zero-order valence-electron chi connectivity index (χ0n) is 18.9. The van der Waals surface area contributed by atoms with Crippen LogP contribution in [0.1, 0.15) is 64.4 Å². The number of anilines is 1. The molecule has 30 heavy (non-hydrogen) atoms. The number of hydrogen-bond acceptors (Lipinski definition) is 3. The average Bonchev–Trinajstić information content (AvgIpc) is 3.14. The van der Waals surface area contributed by atoms with Crippen molar-refractivity contribution in [3.05, 3.63) is 29.8 Å². The van der Waals surface area contributed by atoms with Gasteiger partial charge in [0.05, 0.1) is 30.1 Å². The number of quaternary nitrogens is 1. The first-order valence-electron chi connectivity index (χ1n) is 12.6. The van der Waals surface area contributed by atoms with Gasteiger partial charge >= 0.3 is 0 Å². The summed E-state index contributed by atoms with van der Waals surface area (Å²) in [5.41, 5.74) is 2.57. The Balaban J connectivity index is 1.50. The number of unbranched alkanes of at least 4 members (excludes halogenated alkanes) is 3. The Morgan fingerprint density at radius 3 is 2.67 bits per heavy atom. The molecule has 0 radical (unpaired) electrons. The molecule has 2 N–H and O–H groups in total. The quantitative estimate of drug-likeness (QED) is 0.555. The standard InChI is InChI=1S/C26H39N2O2/c1-4-6-7-10-13-28-20-14-17(16(5-2)25(28)30)22-21(28)15-26(24(22)29)18-11-8-9-12-19(18)27(3)23(20)26/h8-9,11-12,16-17,20-25,29-30H,4-7,10,13-15H2,1-3H3/q+1/t16-,17+,20?,21+,22?,23-,24-,25+,26?,28?/m0/s1. The number of fused-ring (bicyclic) bond motifs is 2. The Hall–Kier alpha value is -1.10. The van der Waals surface area contributed by atoms with Crippen LogP contribution in [-0.2, 0) is 5.41 Å². The summed E-state index contributed by atoms with van der Waals surface area (Å²) in [6.45, 7) is 5.62. The summed E-state index contributed by atoms with van der Waals surface area (Å²) in [5.74, 6) is 1.18. The van der Waals surface area contributed by atoms with E-state index >= 15 is 0 Å². The number of rotatable bonds is 6. The monoisotopic (exact) mass is 411 g/mol. The van der Waals surface area contributed by atoms with E-state index < -0.39 is 0 Å². The number of para-hydroxylation sites is 1. The summed E-state index contributed by atoms with van der Waals surface area (Å²) in [7, 11) is 2.25. The molecule has 5 heterocycles. The number of nitrogens with zero attached hydrogens (tertiary/aromatic N) is 2. The van der Waals surface area contributed by atoms with E-state index in [-0.39, 0.29) is 17.7 Å². The van der Waals surface area contributed by atoms with E-state index in [1.807, 2.05) is 0 Å². The molecule has 0 amide bonds. The second-order valence-electron chi connectivity index (χ2n) is 11.1. The lowest BCUT2D eigenvalue weighted by atomic mass is 9.60. The smallest absolute Gasteiger partial charge is 0.194 e. The van der Waals surface area contributed by atoms with Crippen molar-refractivity contribution in [3.8, 4) is 0 Å². The van der Waals surface area contributed by atoms with Crippen LogP contribution < -0.4 is 4.90 Å². The third-order valence-corrected chi connectivity index (χ3v) is 10.5. The SMILES string of the molecule is CCCCCC[N+]12C3C[C@@H](C4[C@H]1CC1(c5ccccc5N(C)[C@@H]31)[C@H]4O)[C@H](CC)[C@H]2O. The highest BCUT2D eigenvalue weighted by molar-refractivity contribution is 5.66. The molecule has 10 atom stereocenters. The molecule has 1 aromatic rings. The summed E-state index contributed by atoms with van der Waals surface area (Å²) in [5, 5.41) is 23.9. The zero-order chi connectivity index (χ0) is 20.8. The maximum atomic E-state index is 12.0. The van der Waals surface area contributed by atoms with Crippen molar-refractivity contribution >= 4 is 5.69 Å². The van der Waals surface area contributed by atoms with Crippen LogP contribution in [0.5, 0.6) is 0 Å². The minimum Gasteiger partial charge on any atom is -0.392 e. The van der Waals surface area contributed by atoms with Crippen LogP contribution in [0.25, 0.3) is 0 Å². The molecule has 4 unspecified atom stereocenters. The van der Waals surface area contributed by atoms with Gasteiger partial charge in [-0.2, -0.15) is 0 Å². The number of hydrogen-bond donors (Lipinski definition) is 2. The number of piperidine rings is 4. The van der Waals surface area contributed by atoms with E-state index in [4.69, 9.17) is 0 Å². The molecule has 4 heteroatoms. The molecule has 5 bridgehead atoms. The Morgan fingerprint density at radius 1 is 1.10 bits per heavy atom. The van der Waals surface area contributed by atoms with Gasteiger partial charge in [0.25, 0.3) is 0 Å². The van der Waals surface area contributed by atoms with Gasteiger partial charge in [-0.05, 0) is 36.8 Å². The third kappa shape index (κ3) is 1.96. The van der Waals surface area contributed by atoms with E-state index in [1.54, 1.807) is 0 Å². The van der Waals surface area contributed by atoms with Crippen molar-refractivity contribution in [3.63, 3.8) is 0 Å². The minimum absolute atomic E-state index is 0.131. The second-order valence-corrected chi connectivity index (χ2v) is 11.1. The van der Waals surface area contributed by atoms with Crippen molar-refractivity contribution in [2.24, 2.45) is 17.8 Å². The van der Waals surface area contributed by atoms with Crippen LogP contribution >= 0.6 is 0 Å². The Morgan fingerprint density at radius 2 is 1.90 bits per heavy atom. The highest BCUT2D eigenvalue weighted by atomic mass is 16.3. The lowest BCUT2D eigenvalue weighted by Crippen LogP contribution is -2.83. The van der Waals surface area contributed by atoms with Gasteiger partial charge in [-0.1, -0.05) is 44.9 Å². The van der Waals surface area contributed by atoms with Crippen LogP contribution in [-0.4, -0.2) is 58.7 Å². The van der Waals surface area contributed by atoms with E-state index in [0.29, 0.717) is 35.9 Å². The largest absolute Gasteiger partial charge is 0.392 e. The Bertz CT molecular complexity index is 844. The molecule has 5 aliphatic heterocycles. The molecule has 4 saturated heterocycles. The Kier molecular flexibility index (Phi) is 4.22. The molecule has 6 aliphatic rings. The van der Waals surface area contributed by atoms with Crippen LogP contribution in [0.4, 0.5) is 5.69 Å². The molecule has 7 rings (SSSR count). The predicted octanol–water partition coefficient (Wildman–Crippen LogP) is 3.65. The maximum Gasteiger partial charge on any atom is 0.194 e. The molecule has 1 spiro atoms. The highest BCUT2D eigenvalue weighted by Gasteiger charge is 2.82. The van der Waals surface area contributed by atoms with Crippen molar-refractivity contribution in [2.75, 3.05) is 18.5 Å². The molecule has 1 aromatic carbocycles. The van der Waals surface area contributed by atoms with Crippen LogP contribution in [0.15, 0.2) is 24.3 Å². The topological polar surface area (TPSA) is 43.7 Å². The predicted molar refractivity (Wildman–Crippen MR) is 119 cm³/mol. The van der Waals surface area contributed by atoms with Gasteiger partial charge in [0, 0.05) is 37.4 Å². The van der Waals surface area contributed by atoms with Crippen LogP contribution in [0, 0.1) is 17.8 Å². The molecule has 1 saturated carbocycles. The third-order valence-electron chi connectivity index (χ3n) is 10.5. The molecule has 0 aromatic heterocycles. The summed E-state index contributed by atoms with van der Waals surface area (Å²) >= 11 is 0. The normalized spacial score (nSPS) is 49.6. The van der Waals surface area contributed by atoms with Crippen molar-refractivity contribution in [1.29, 1.82) is 0 Å². The molecule has 4 nitrogen and oxygen atoms in total. The van der Waals surface area contributed by atoms with E-state index in [2.05, 4.69) is 50.1 Å². The summed E-state index contributed by atoms with van der Waals surface area (Å²) in [6, 6.07) is 10.0. The van der Waals surface area contributed by atoms with Crippen molar-refractivity contribution < 1.29 is 14.7 Å². The highest BCUT2D eigenvalue weighted by Crippen LogP contribution is 2.71. The van der Waals surface area contributed by atoms with Gasteiger partial charge in [0.1, 0.15) is 6.04 Å². The van der Waals surface area contributed by atoms with E-state index in [1.165, 1.54) is 43.4 Å². The first-order chi connectivity index (χ1) is 14.5. The van der Waals surface area contributed by atoms with Crippen LogP contribution in [0.3, 0.4) is 0 Å². The van der Waals surface area contributed by atoms with Crippen molar-refractivity contribution in [2.45, 2.75) is 94.7 Å². The van der Waals surface area contributed by atoms with Gasteiger partial charge in [-0.25, -0.2) is 0 Å². The lowest BCUT2D eigenvalue weighted by Gasteiger charge is -2.68. The number of aliphatic hydroxyl groups is 2. The number of aliphatic hydroxyl groups excluding tert-OH is 2. The van der Waals surface area contributed by atoms with E-state index in [0.717, 1.165) is 23.9 Å². The molecule has 164 valence electrons. The molecular formula is C26H39N2O2+. The van der Waals surface area contributed by atoms with Gasteiger partial charge in [0.15, 0.2) is 6.23 Å². The van der Waals surface area contributed by atoms with Gasteiger partial charge in [-0.3, -0.25) is 4.48 Å². The lowest BCUT2D eigenvalue weighted by molar-refractivity contribution is -1.04. The molecule has 1 aliphatic carbocycles. The average molecular weight is 412 g/mol. The van der Waals surface area contributed by atoms with E-state index in [9.17, 15) is 10.2 Å². The fourth-order valence-electron chi connectivity index (χ4n) is 9.65. The van der Waals surface area contributed by atoms with Gasteiger partial charge in [-0.15, -0.1) is 0 Å². The number of benzene rings is 1. The maximum absolute atomic E-state index is 12.0. The molecular weight excluding hydrogens is 372 g/mol. The van der Waals surface area contributed by atoms with Crippen LogP contribution in [0.2, 0.25) is 0 Å². The second kappa shape index (κ2) is 6.46. The van der Waals surface area contributed by atoms with Gasteiger partial charge < -0.3 is 15.1 Å². The number of likely N-dealkylation sites (N-methyl/N-ethyl adjacent to an activating group) is 1. The summed E-state index contributed by atoms with van der Waals surface area (Å²) in [6.07, 6.45) is 7.77. The van der Waals surface area contributed by atoms with Crippen molar-refractivity contribution in [1.82, 2.24) is 0 Å². The first kappa shape index (κ1) is 19.6. The molecule has 5 fully saturated rings. The summed E-state index contributed by atoms with van der Waals surface area (Å²) in [4.78, 5) is 2.50. The minimum atomic E-state index is -0.272. The Labute approximate surface area is 181 Å². The first-order valence-corrected chi connectivity index (χ1v) is 12.6. The van der Waals surface area contributed by atoms with Gasteiger partial charge in [0.2, 0.25) is 0 Å².